The first-order valence-electron chi connectivity index (χ1n) is 7.12. The third kappa shape index (κ3) is 3.67. The van der Waals surface area contributed by atoms with Crippen molar-refractivity contribution in [3.8, 4) is 0 Å². The first-order valence-corrected chi connectivity index (χ1v) is 7.12. The Labute approximate surface area is 114 Å². The van der Waals surface area contributed by atoms with E-state index in [1.165, 1.54) is 39.0 Å². The SMILES string of the molecule is CC(=O)c1ccc([C@H](O)[C@@H](N)CC2CCCCC2)o1. The van der Waals surface area contributed by atoms with Crippen LogP contribution < -0.4 is 5.73 Å². The average molecular weight is 265 g/mol. The van der Waals surface area contributed by atoms with Crippen LogP contribution in [0.5, 0.6) is 0 Å². The number of nitrogens with two attached hydrogens (primary N) is 1. The monoisotopic (exact) mass is 265 g/mol. The number of furan rings is 1. The summed E-state index contributed by atoms with van der Waals surface area (Å²) in [5.41, 5.74) is 6.07. The quantitative estimate of drug-likeness (QED) is 0.803. The highest BCUT2D eigenvalue weighted by atomic mass is 16.4. The van der Waals surface area contributed by atoms with E-state index in [-0.39, 0.29) is 17.6 Å². The van der Waals surface area contributed by atoms with Crippen LogP contribution in [0.1, 0.15) is 67.9 Å². The van der Waals surface area contributed by atoms with Crippen molar-refractivity contribution in [3.05, 3.63) is 23.7 Å². The number of ketones is 1. The average Bonchev–Trinajstić information content (AvgIpc) is 2.88. The van der Waals surface area contributed by atoms with E-state index in [1.807, 2.05) is 0 Å². The van der Waals surface area contributed by atoms with Crippen molar-refractivity contribution < 1.29 is 14.3 Å². The molecule has 4 heteroatoms. The lowest BCUT2D eigenvalue weighted by atomic mass is 9.84. The van der Waals surface area contributed by atoms with Crippen LogP contribution in [0.2, 0.25) is 0 Å². The number of aliphatic hydroxyl groups excluding tert-OH is 1. The molecule has 2 rings (SSSR count). The molecule has 1 aliphatic carbocycles. The summed E-state index contributed by atoms with van der Waals surface area (Å²) in [4.78, 5) is 11.2. The normalized spacial score (nSPS) is 20.2. The van der Waals surface area contributed by atoms with Gasteiger partial charge in [0.05, 0.1) is 0 Å². The number of aliphatic hydroxyl groups is 1. The molecule has 106 valence electrons. The van der Waals surface area contributed by atoms with Crippen LogP contribution in [0.4, 0.5) is 0 Å². The topological polar surface area (TPSA) is 76.5 Å². The lowest BCUT2D eigenvalue weighted by Gasteiger charge is -2.26. The zero-order valence-electron chi connectivity index (χ0n) is 11.5. The molecule has 0 saturated heterocycles. The van der Waals surface area contributed by atoms with E-state index in [0.717, 1.165) is 6.42 Å². The van der Waals surface area contributed by atoms with Crippen LogP contribution in [0.15, 0.2) is 16.5 Å². The summed E-state index contributed by atoms with van der Waals surface area (Å²) in [7, 11) is 0. The number of hydrogen-bond acceptors (Lipinski definition) is 4. The molecule has 3 N–H and O–H groups in total. The van der Waals surface area contributed by atoms with Crippen LogP contribution in [0.25, 0.3) is 0 Å². The van der Waals surface area contributed by atoms with Crippen molar-refractivity contribution >= 4 is 5.78 Å². The maximum Gasteiger partial charge on any atom is 0.194 e. The Balaban J connectivity index is 1.93. The zero-order chi connectivity index (χ0) is 13.8. The predicted molar refractivity (Wildman–Crippen MR) is 72.8 cm³/mol. The number of carbonyl (C=O) groups excluding carboxylic acids is 1. The Hall–Kier alpha value is -1.13. The first kappa shape index (κ1) is 14.3. The molecule has 0 aromatic carbocycles. The molecule has 1 heterocycles. The fourth-order valence-electron chi connectivity index (χ4n) is 2.85. The largest absolute Gasteiger partial charge is 0.455 e. The third-order valence-corrected chi connectivity index (χ3v) is 4.00. The summed E-state index contributed by atoms with van der Waals surface area (Å²) in [6, 6.07) is 2.91. The van der Waals surface area contributed by atoms with Gasteiger partial charge in [-0.1, -0.05) is 32.1 Å². The van der Waals surface area contributed by atoms with Gasteiger partial charge in [0.25, 0.3) is 0 Å². The van der Waals surface area contributed by atoms with Gasteiger partial charge in [0, 0.05) is 13.0 Å². The number of hydrogen-bond donors (Lipinski definition) is 2. The summed E-state index contributed by atoms with van der Waals surface area (Å²) >= 11 is 0. The van der Waals surface area contributed by atoms with Gasteiger partial charge in [-0.15, -0.1) is 0 Å². The van der Waals surface area contributed by atoms with Crippen molar-refractivity contribution in [3.63, 3.8) is 0 Å². The number of carbonyl (C=O) groups is 1. The smallest absolute Gasteiger partial charge is 0.194 e. The van der Waals surface area contributed by atoms with E-state index < -0.39 is 6.10 Å². The van der Waals surface area contributed by atoms with Crippen LogP contribution in [0, 0.1) is 5.92 Å². The van der Waals surface area contributed by atoms with Crippen LogP contribution in [-0.2, 0) is 0 Å². The Morgan fingerprint density at radius 1 is 1.42 bits per heavy atom. The second-order valence-electron chi connectivity index (χ2n) is 5.61. The van der Waals surface area contributed by atoms with Crippen molar-refractivity contribution in [1.82, 2.24) is 0 Å². The van der Waals surface area contributed by atoms with Gasteiger partial charge in [0.2, 0.25) is 0 Å². The summed E-state index contributed by atoms with van der Waals surface area (Å²) < 4.78 is 5.34. The molecular weight excluding hydrogens is 242 g/mol. The lowest BCUT2D eigenvalue weighted by Crippen LogP contribution is -2.31. The van der Waals surface area contributed by atoms with Gasteiger partial charge in [-0.25, -0.2) is 0 Å². The Morgan fingerprint density at radius 2 is 2.11 bits per heavy atom. The molecule has 1 fully saturated rings. The van der Waals surface area contributed by atoms with Crippen LogP contribution >= 0.6 is 0 Å². The molecule has 1 aromatic rings. The van der Waals surface area contributed by atoms with Gasteiger partial charge in [-0.3, -0.25) is 4.79 Å². The molecule has 19 heavy (non-hydrogen) atoms. The molecule has 4 nitrogen and oxygen atoms in total. The molecular formula is C15H23NO3. The Morgan fingerprint density at radius 3 is 2.68 bits per heavy atom. The number of rotatable bonds is 5. The minimum atomic E-state index is -0.824. The van der Waals surface area contributed by atoms with Crippen molar-refractivity contribution in [2.24, 2.45) is 11.7 Å². The molecule has 0 unspecified atom stereocenters. The standard InChI is InChI=1S/C15H23NO3/c1-10(17)13-7-8-14(19-13)15(18)12(16)9-11-5-3-2-4-6-11/h7-8,11-12,15,18H,2-6,9,16H2,1H3/t12-,15+/m0/s1. The van der Waals surface area contributed by atoms with E-state index in [9.17, 15) is 9.90 Å². The molecule has 2 atom stereocenters. The lowest BCUT2D eigenvalue weighted by molar-refractivity contribution is 0.0931. The van der Waals surface area contributed by atoms with E-state index in [2.05, 4.69) is 0 Å². The molecule has 0 spiro atoms. The Kier molecular flexibility index (Phi) is 4.77. The predicted octanol–water partition coefficient (Wildman–Crippen LogP) is 2.81. The first-order chi connectivity index (χ1) is 9.08. The summed E-state index contributed by atoms with van der Waals surface area (Å²) in [5.74, 6) is 1.15. The highest BCUT2D eigenvalue weighted by molar-refractivity contribution is 5.91. The molecule has 0 amide bonds. The highest BCUT2D eigenvalue weighted by Crippen LogP contribution is 2.30. The summed E-state index contributed by atoms with van der Waals surface area (Å²) in [5, 5.41) is 10.2. The van der Waals surface area contributed by atoms with Gasteiger partial charge in [0.15, 0.2) is 11.5 Å². The van der Waals surface area contributed by atoms with E-state index in [4.69, 9.17) is 10.2 Å². The van der Waals surface area contributed by atoms with Gasteiger partial charge >= 0.3 is 0 Å². The molecule has 0 bridgehead atoms. The fraction of sp³-hybridized carbons (Fsp3) is 0.667. The van der Waals surface area contributed by atoms with E-state index in [0.29, 0.717) is 11.7 Å². The van der Waals surface area contributed by atoms with Gasteiger partial charge in [0.1, 0.15) is 11.9 Å². The highest BCUT2D eigenvalue weighted by Gasteiger charge is 2.25. The molecule has 0 aliphatic heterocycles. The second-order valence-corrected chi connectivity index (χ2v) is 5.61. The van der Waals surface area contributed by atoms with Gasteiger partial charge < -0.3 is 15.3 Å². The maximum absolute atomic E-state index is 11.2. The van der Waals surface area contributed by atoms with Crippen LogP contribution in [0.3, 0.4) is 0 Å². The molecule has 1 aromatic heterocycles. The number of Topliss-reactive ketones (excluding diaryl/α,β-unsaturated/α-hetero) is 1. The summed E-state index contributed by atoms with van der Waals surface area (Å²) in [6.45, 7) is 1.44. The maximum atomic E-state index is 11.2. The molecule has 0 radical (unpaired) electrons. The molecule has 1 saturated carbocycles. The van der Waals surface area contributed by atoms with Crippen molar-refractivity contribution in [1.29, 1.82) is 0 Å². The van der Waals surface area contributed by atoms with Crippen molar-refractivity contribution in [2.45, 2.75) is 57.6 Å². The Bertz CT molecular complexity index is 421. The summed E-state index contributed by atoms with van der Waals surface area (Å²) in [6.07, 6.45) is 6.25. The van der Waals surface area contributed by atoms with E-state index in [1.54, 1.807) is 12.1 Å². The van der Waals surface area contributed by atoms with Crippen molar-refractivity contribution in [2.75, 3.05) is 0 Å². The van der Waals surface area contributed by atoms with Gasteiger partial charge in [-0.05, 0) is 24.5 Å². The zero-order valence-corrected chi connectivity index (χ0v) is 11.5. The third-order valence-electron chi connectivity index (χ3n) is 4.00. The minimum Gasteiger partial charge on any atom is -0.455 e. The minimum absolute atomic E-state index is 0.140. The fourth-order valence-corrected chi connectivity index (χ4v) is 2.85. The molecule has 1 aliphatic rings. The van der Waals surface area contributed by atoms with E-state index >= 15 is 0 Å². The van der Waals surface area contributed by atoms with Crippen LogP contribution in [-0.4, -0.2) is 16.9 Å². The second kappa shape index (κ2) is 6.35. The van der Waals surface area contributed by atoms with Gasteiger partial charge in [-0.2, -0.15) is 0 Å².